The van der Waals surface area contributed by atoms with Crippen molar-refractivity contribution >= 4 is 0 Å². The first-order valence-corrected chi connectivity index (χ1v) is 11.2. The van der Waals surface area contributed by atoms with Crippen molar-refractivity contribution in [3.8, 4) is 5.75 Å². The second-order valence-corrected chi connectivity index (χ2v) is 8.26. The highest BCUT2D eigenvalue weighted by Crippen LogP contribution is 2.31. The Morgan fingerprint density at radius 2 is 1.49 bits per heavy atom. The van der Waals surface area contributed by atoms with Crippen LogP contribution in [0.2, 0.25) is 0 Å². The molecule has 0 aromatic heterocycles. The number of aliphatic hydroxyl groups is 6. The van der Waals surface area contributed by atoms with Gasteiger partial charge in [0, 0.05) is 0 Å². The molecule has 0 saturated carbocycles. The van der Waals surface area contributed by atoms with Gasteiger partial charge in [0.2, 0.25) is 0 Å². The molecule has 2 aliphatic rings. The molecule has 6 N–H and O–H groups in total. The lowest BCUT2D eigenvalue weighted by Gasteiger charge is -2.46. The highest BCUT2D eigenvalue weighted by molar-refractivity contribution is 5.26. The van der Waals surface area contributed by atoms with Crippen molar-refractivity contribution in [3.63, 3.8) is 0 Å². The molecule has 0 unspecified atom stereocenters. The molecule has 1 aromatic carbocycles. The standard InChI is InChI=1S/C23H34O12/c1-3-8-31-22-18(28)17(27)20(15(10-25)34-22)35-23-19(29)21(16(26)14(9-24)33-23)32-11-12-4-6-13(30-2)7-5-12/h3-7,14-29H,1,8-11H2,2H3/t14-,15-,16+,17-,18-,19-,20-,21+,22-,23+/m1/s1. The molecule has 0 bridgehead atoms. The Bertz CT molecular complexity index is 774. The number of methoxy groups -OCH3 is 1. The predicted octanol–water partition coefficient (Wildman–Crippen LogP) is -1.95. The van der Waals surface area contributed by atoms with Crippen molar-refractivity contribution in [2.45, 2.75) is 68.0 Å². The number of ether oxygens (including phenoxy) is 6. The van der Waals surface area contributed by atoms with E-state index in [4.69, 9.17) is 28.4 Å². The van der Waals surface area contributed by atoms with E-state index in [0.29, 0.717) is 5.75 Å². The van der Waals surface area contributed by atoms with E-state index in [1.807, 2.05) is 0 Å². The van der Waals surface area contributed by atoms with E-state index in [1.54, 1.807) is 31.4 Å². The maximum absolute atomic E-state index is 10.9. The van der Waals surface area contributed by atoms with E-state index in [1.165, 1.54) is 6.08 Å². The van der Waals surface area contributed by atoms with Gasteiger partial charge in [-0.15, -0.1) is 6.58 Å². The molecule has 198 valence electrons. The van der Waals surface area contributed by atoms with Crippen LogP contribution in [-0.4, -0.2) is 119 Å². The molecule has 2 heterocycles. The molecule has 2 aliphatic heterocycles. The van der Waals surface area contributed by atoms with Crippen molar-refractivity contribution in [1.82, 2.24) is 0 Å². The van der Waals surface area contributed by atoms with Crippen LogP contribution < -0.4 is 4.74 Å². The van der Waals surface area contributed by atoms with Crippen LogP contribution in [0.25, 0.3) is 0 Å². The molecule has 0 amide bonds. The van der Waals surface area contributed by atoms with Gasteiger partial charge in [-0.25, -0.2) is 0 Å². The average Bonchev–Trinajstić information content (AvgIpc) is 2.88. The number of benzene rings is 1. The summed E-state index contributed by atoms with van der Waals surface area (Å²) in [6.07, 6.45) is -12.3. The zero-order valence-corrected chi connectivity index (χ0v) is 19.3. The van der Waals surface area contributed by atoms with Gasteiger partial charge in [0.25, 0.3) is 0 Å². The number of aliphatic hydroxyl groups excluding tert-OH is 6. The third kappa shape index (κ3) is 6.56. The molecule has 2 fully saturated rings. The summed E-state index contributed by atoms with van der Waals surface area (Å²) in [6, 6.07) is 6.97. The number of hydrogen-bond acceptors (Lipinski definition) is 12. The Morgan fingerprint density at radius 3 is 2.09 bits per heavy atom. The highest BCUT2D eigenvalue weighted by Gasteiger charge is 2.51. The molecule has 0 radical (unpaired) electrons. The molecule has 12 nitrogen and oxygen atoms in total. The SMILES string of the molecule is C=CCO[C@@H]1O[C@H](CO)[C@@H](O[C@@H]2O[C@H](CO)[C@H](O)[C@H](OCc3ccc(OC)cc3)[C@H]2O)[C@H](O)[C@H]1O. The molecule has 35 heavy (non-hydrogen) atoms. The fraction of sp³-hybridized carbons (Fsp3) is 0.652. The second kappa shape index (κ2) is 13.0. The first kappa shape index (κ1) is 27.9. The van der Waals surface area contributed by atoms with Gasteiger partial charge >= 0.3 is 0 Å². The van der Waals surface area contributed by atoms with Gasteiger partial charge in [-0.05, 0) is 17.7 Å². The van der Waals surface area contributed by atoms with E-state index in [9.17, 15) is 30.6 Å². The molecule has 0 spiro atoms. The van der Waals surface area contributed by atoms with Crippen molar-refractivity contribution in [2.75, 3.05) is 26.9 Å². The largest absolute Gasteiger partial charge is 0.497 e. The van der Waals surface area contributed by atoms with Crippen LogP contribution in [0.15, 0.2) is 36.9 Å². The molecule has 10 atom stereocenters. The van der Waals surface area contributed by atoms with Crippen LogP contribution in [0.1, 0.15) is 5.56 Å². The van der Waals surface area contributed by atoms with Gasteiger partial charge in [-0.1, -0.05) is 18.2 Å². The summed E-state index contributed by atoms with van der Waals surface area (Å²) in [5, 5.41) is 61.8. The average molecular weight is 503 g/mol. The van der Waals surface area contributed by atoms with E-state index in [0.717, 1.165) is 5.56 Å². The van der Waals surface area contributed by atoms with E-state index < -0.39 is 74.6 Å². The Morgan fingerprint density at radius 1 is 0.829 bits per heavy atom. The summed E-state index contributed by atoms with van der Waals surface area (Å²) in [6.45, 7) is 2.34. The van der Waals surface area contributed by atoms with Gasteiger partial charge in [-0.3, -0.25) is 0 Å². The highest BCUT2D eigenvalue weighted by atomic mass is 16.7. The van der Waals surface area contributed by atoms with Gasteiger partial charge in [0.15, 0.2) is 12.6 Å². The molecule has 2 saturated heterocycles. The molecular weight excluding hydrogens is 468 g/mol. The number of rotatable bonds is 11. The lowest BCUT2D eigenvalue weighted by atomic mass is 9.96. The minimum absolute atomic E-state index is 0.0170. The summed E-state index contributed by atoms with van der Waals surface area (Å²) in [7, 11) is 1.54. The lowest BCUT2D eigenvalue weighted by molar-refractivity contribution is -0.361. The maximum atomic E-state index is 10.9. The van der Waals surface area contributed by atoms with E-state index in [2.05, 4.69) is 6.58 Å². The van der Waals surface area contributed by atoms with Gasteiger partial charge in [0.05, 0.1) is 33.5 Å². The van der Waals surface area contributed by atoms with Crippen molar-refractivity contribution in [2.24, 2.45) is 0 Å². The smallest absolute Gasteiger partial charge is 0.187 e. The number of hydrogen-bond donors (Lipinski definition) is 6. The summed E-state index contributed by atoms with van der Waals surface area (Å²) in [5.41, 5.74) is 0.736. The Balaban J connectivity index is 1.70. The molecule has 3 rings (SSSR count). The maximum Gasteiger partial charge on any atom is 0.187 e. The zero-order valence-electron chi connectivity index (χ0n) is 19.3. The van der Waals surface area contributed by atoms with Crippen LogP contribution in [0.4, 0.5) is 0 Å². The Hall–Kier alpha value is -1.68. The quantitative estimate of drug-likeness (QED) is 0.185. The molecule has 12 heteroatoms. The topological polar surface area (TPSA) is 177 Å². The van der Waals surface area contributed by atoms with Crippen LogP contribution in [0.5, 0.6) is 5.75 Å². The molecular formula is C23H34O12. The Kier molecular flexibility index (Phi) is 10.4. The van der Waals surface area contributed by atoms with Crippen LogP contribution in [0.3, 0.4) is 0 Å². The van der Waals surface area contributed by atoms with E-state index in [-0.39, 0.29) is 13.2 Å². The third-order valence-electron chi connectivity index (χ3n) is 5.91. The first-order chi connectivity index (χ1) is 16.8. The summed E-state index contributed by atoms with van der Waals surface area (Å²) in [4.78, 5) is 0. The van der Waals surface area contributed by atoms with E-state index >= 15 is 0 Å². The fourth-order valence-electron chi connectivity index (χ4n) is 3.95. The zero-order chi connectivity index (χ0) is 25.5. The minimum atomic E-state index is -1.58. The van der Waals surface area contributed by atoms with Gasteiger partial charge in [0.1, 0.15) is 54.6 Å². The van der Waals surface area contributed by atoms with Crippen molar-refractivity contribution in [1.29, 1.82) is 0 Å². The predicted molar refractivity (Wildman–Crippen MR) is 118 cm³/mol. The fourth-order valence-corrected chi connectivity index (χ4v) is 3.95. The van der Waals surface area contributed by atoms with Crippen molar-refractivity contribution in [3.05, 3.63) is 42.5 Å². The van der Waals surface area contributed by atoms with Crippen molar-refractivity contribution < 1.29 is 59.1 Å². The minimum Gasteiger partial charge on any atom is -0.497 e. The molecule has 1 aromatic rings. The monoisotopic (exact) mass is 502 g/mol. The first-order valence-electron chi connectivity index (χ1n) is 11.2. The third-order valence-corrected chi connectivity index (χ3v) is 5.91. The Labute approximate surface area is 202 Å². The summed E-state index contributed by atoms with van der Waals surface area (Å²) >= 11 is 0. The van der Waals surface area contributed by atoms with Gasteiger partial charge in [-0.2, -0.15) is 0 Å². The second-order valence-electron chi connectivity index (χ2n) is 8.26. The normalized spacial score (nSPS) is 37.7. The molecule has 0 aliphatic carbocycles. The van der Waals surface area contributed by atoms with Crippen LogP contribution in [-0.2, 0) is 30.3 Å². The van der Waals surface area contributed by atoms with Crippen LogP contribution in [0, 0.1) is 0 Å². The van der Waals surface area contributed by atoms with Gasteiger partial charge < -0.3 is 59.1 Å². The lowest BCUT2D eigenvalue weighted by Crippen LogP contribution is -2.65. The summed E-state index contributed by atoms with van der Waals surface area (Å²) < 4.78 is 32.8. The summed E-state index contributed by atoms with van der Waals surface area (Å²) in [5.74, 6) is 0.653. The van der Waals surface area contributed by atoms with Crippen LogP contribution >= 0.6 is 0 Å².